The molecular weight excluding hydrogens is 389 g/mol. The third-order valence-electron chi connectivity index (χ3n) is 3.40. The summed E-state index contributed by atoms with van der Waals surface area (Å²) in [6.45, 7) is 1.23. The van der Waals surface area contributed by atoms with Crippen molar-refractivity contribution in [1.29, 1.82) is 0 Å². The largest absolute Gasteiger partial charge is 0.485 e. The molecule has 0 aliphatic rings. The molecule has 0 amide bonds. The first kappa shape index (κ1) is 18.7. The van der Waals surface area contributed by atoms with E-state index in [0.717, 1.165) is 34.1 Å². The average molecular weight is 400 g/mol. The highest BCUT2D eigenvalue weighted by Gasteiger charge is 2.34. The predicted octanol–water partition coefficient (Wildman–Crippen LogP) is 3.49. The van der Waals surface area contributed by atoms with E-state index in [9.17, 15) is 22.8 Å². The Balaban J connectivity index is 1.75. The van der Waals surface area contributed by atoms with Crippen LogP contribution in [0.25, 0.3) is 5.13 Å². The molecule has 3 aromatic heterocycles. The van der Waals surface area contributed by atoms with Gasteiger partial charge in [-0.25, -0.2) is 9.78 Å². The first-order valence-corrected chi connectivity index (χ1v) is 8.19. The number of carboxylic acids is 1. The lowest BCUT2D eigenvalue weighted by atomic mass is 10.4. The molecule has 27 heavy (non-hydrogen) atoms. The third kappa shape index (κ3) is 4.03. The fraction of sp³-hybridized carbons (Fsp3) is 0.188. The Labute approximate surface area is 153 Å². The number of hydrogen-bond donors (Lipinski definition) is 1. The zero-order valence-electron chi connectivity index (χ0n) is 13.6. The molecule has 0 aromatic carbocycles. The van der Waals surface area contributed by atoms with Gasteiger partial charge in [0.1, 0.15) is 23.0 Å². The van der Waals surface area contributed by atoms with Gasteiger partial charge in [0.2, 0.25) is 5.76 Å². The van der Waals surface area contributed by atoms with Crippen LogP contribution in [0.15, 0.2) is 39.7 Å². The molecule has 142 valence electrons. The van der Waals surface area contributed by atoms with Crippen LogP contribution >= 0.6 is 11.3 Å². The number of carbonyl (C=O) groups is 1. The van der Waals surface area contributed by atoms with Crippen molar-refractivity contribution in [3.63, 3.8) is 0 Å². The van der Waals surface area contributed by atoms with E-state index in [2.05, 4.69) is 9.40 Å². The molecule has 0 spiro atoms. The van der Waals surface area contributed by atoms with Gasteiger partial charge in [0.25, 0.3) is 5.56 Å². The Morgan fingerprint density at radius 3 is 2.67 bits per heavy atom. The van der Waals surface area contributed by atoms with Crippen LogP contribution in [0.3, 0.4) is 0 Å². The molecule has 0 aliphatic heterocycles. The Kier molecular flexibility index (Phi) is 4.79. The second-order valence-corrected chi connectivity index (χ2v) is 6.32. The second-order valence-electron chi connectivity index (χ2n) is 5.34. The number of aromatic carboxylic acids is 1. The van der Waals surface area contributed by atoms with Crippen molar-refractivity contribution < 1.29 is 32.2 Å². The van der Waals surface area contributed by atoms with Gasteiger partial charge in [-0.2, -0.15) is 13.2 Å². The summed E-state index contributed by atoms with van der Waals surface area (Å²) in [5, 5.41) is 9.24. The van der Waals surface area contributed by atoms with Gasteiger partial charge in [-0.1, -0.05) is 11.3 Å². The minimum atomic E-state index is -4.58. The van der Waals surface area contributed by atoms with Crippen molar-refractivity contribution in [1.82, 2.24) is 9.55 Å². The number of ether oxygens (including phenoxy) is 1. The van der Waals surface area contributed by atoms with Crippen LogP contribution in [-0.4, -0.2) is 20.6 Å². The summed E-state index contributed by atoms with van der Waals surface area (Å²) in [5.74, 6) is -2.20. The number of rotatable bonds is 5. The van der Waals surface area contributed by atoms with Crippen molar-refractivity contribution in [2.24, 2.45) is 0 Å². The number of aryl methyl sites for hydroxylation is 1. The fourth-order valence-electron chi connectivity index (χ4n) is 2.15. The van der Waals surface area contributed by atoms with Crippen LogP contribution in [0, 0.1) is 6.92 Å². The van der Waals surface area contributed by atoms with E-state index >= 15 is 0 Å². The van der Waals surface area contributed by atoms with Crippen LogP contribution < -0.4 is 10.3 Å². The summed E-state index contributed by atoms with van der Waals surface area (Å²) in [5.41, 5.74) is -0.248. The summed E-state index contributed by atoms with van der Waals surface area (Å²) >= 11 is 0.846. The van der Waals surface area contributed by atoms with Crippen LogP contribution in [0.5, 0.6) is 5.75 Å². The van der Waals surface area contributed by atoms with Gasteiger partial charge in [0.15, 0.2) is 5.13 Å². The molecule has 0 bridgehead atoms. The van der Waals surface area contributed by atoms with E-state index in [0.29, 0.717) is 0 Å². The topological polar surface area (TPSA) is 94.6 Å². The lowest BCUT2D eigenvalue weighted by molar-refractivity contribution is -0.153. The minimum absolute atomic E-state index is 0.0236. The number of furan rings is 1. The fourth-order valence-corrected chi connectivity index (χ4v) is 3.05. The zero-order valence-corrected chi connectivity index (χ0v) is 14.4. The highest BCUT2D eigenvalue weighted by atomic mass is 32.1. The molecule has 0 atom stereocenters. The van der Waals surface area contributed by atoms with Crippen molar-refractivity contribution >= 4 is 17.3 Å². The normalized spacial score (nSPS) is 11.6. The van der Waals surface area contributed by atoms with Gasteiger partial charge < -0.3 is 14.3 Å². The molecule has 0 unspecified atom stereocenters. The smallest absolute Gasteiger partial charge is 0.449 e. The van der Waals surface area contributed by atoms with Crippen LogP contribution in [0.2, 0.25) is 0 Å². The molecule has 11 heteroatoms. The van der Waals surface area contributed by atoms with Gasteiger partial charge >= 0.3 is 12.1 Å². The zero-order chi connectivity index (χ0) is 19.8. The lowest BCUT2D eigenvalue weighted by Crippen LogP contribution is -2.16. The Hall–Kier alpha value is -3.08. The quantitative estimate of drug-likeness (QED) is 0.705. The van der Waals surface area contributed by atoms with E-state index in [4.69, 9.17) is 9.84 Å². The number of pyridine rings is 1. The number of aromatic nitrogens is 2. The Morgan fingerprint density at radius 2 is 2.11 bits per heavy atom. The summed E-state index contributed by atoms with van der Waals surface area (Å²) in [6, 6.07) is 4.45. The Morgan fingerprint density at radius 1 is 1.37 bits per heavy atom. The SMILES string of the molecule is Cc1nc(-n2ccc(OCc3ccc(C(F)(F)F)o3)cc2=O)sc1C(=O)O. The molecule has 0 saturated carbocycles. The highest BCUT2D eigenvalue weighted by molar-refractivity contribution is 7.16. The third-order valence-corrected chi connectivity index (χ3v) is 4.54. The van der Waals surface area contributed by atoms with E-state index in [1.807, 2.05) is 0 Å². The molecule has 0 fully saturated rings. The monoisotopic (exact) mass is 400 g/mol. The molecule has 3 heterocycles. The first-order valence-electron chi connectivity index (χ1n) is 7.37. The van der Waals surface area contributed by atoms with Crippen LogP contribution in [0.1, 0.15) is 26.9 Å². The summed E-state index contributed by atoms with van der Waals surface area (Å²) in [6.07, 6.45) is -3.25. The molecule has 3 rings (SSSR count). The van der Waals surface area contributed by atoms with E-state index in [1.165, 1.54) is 19.2 Å². The number of thiazole rings is 1. The van der Waals surface area contributed by atoms with Gasteiger partial charge in [0.05, 0.1) is 5.69 Å². The average Bonchev–Trinajstić information content (AvgIpc) is 3.19. The van der Waals surface area contributed by atoms with Gasteiger partial charge in [0, 0.05) is 12.3 Å². The molecule has 0 aliphatic carbocycles. The maximum Gasteiger partial charge on any atom is 0.449 e. The number of carboxylic acid groups (broad SMARTS) is 1. The molecule has 0 saturated heterocycles. The Bertz CT molecular complexity index is 1050. The van der Waals surface area contributed by atoms with E-state index in [-0.39, 0.29) is 33.8 Å². The summed E-state index contributed by atoms with van der Waals surface area (Å²) < 4.78 is 48.5. The number of alkyl halides is 3. The van der Waals surface area contributed by atoms with Crippen molar-refractivity contribution in [2.75, 3.05) is 0 Å². The predicted molar refractivity (Wildman–Crippen MR) is 87.4 cm³/mol. The van der Waals surface area contributed by atoms with Gasteiger partial charge in [-0.3, -0.25) is 9.36 Å². The number of nitrogens with zero attached hydrogens (tertiary/aromatic N) is 2. The number of halogens is 3. The molecule has 1 N–H and O–H groups in total. The van der Waals surface area contributed by atoms with Gasteiger partial charge in [-0.05, 0) is 25.1 Å². The maximum absolute atomic E-state index is 12.5. The van der Waals surface area contributed by atoms with Crippen LogP contribution in [0.4, 0.5) is 13.2 Å². The van der Waals surface area contributed by atoms with E-state index in [1.54, 1.807) is 0 Å². The molecule has 3 aromatic rings. The van der Waals surface area contributed by atoms with Crippen molar-refractivity contribution in [2.45, 2.75) is 19.7 Å². The highest BCUT2D eigenvalue weighted by Crippen LogP contribution is 2.30. The van der Waals surface area contributed by atoms with Crippen LogP contribution in [-0.2, 0) is 12.8 Å². The van der Waals surface area contributed by atoms with Gasteiger partial charge in [-0.15, -0.1) is 0 Å². The standard InChI is InChI=1S/C16H11F3N2O5S/c1-8-13(14(23)24)27-15(20-8)21-5-4-9(6-12(21)22)25-7-10-2-3-11(26-10)16(17,18)19/h2-6H,7H2,1H3,(H,23,24). The molecule has 7 nitrogen and oxygen atoms in total. The molecule has 0 radical (unpaired) electrons. The number of hydrogen-bond acceptors (Lipinski definition) is 6. The molecular formula is C16H11F3N2O5S. The first-order chi connectivity index (χ1) is 12.6. The van der Waals surface area contributed by atoms with Crippen molar-refractivity contribution in [3.8, 4) is 10.9 Å². The minimum Gasteiger partial charge on any atom is -0.485 e. The summed E-state index contributed by atoms with van der Waals surface area (Å²) in [7, 11) is 0. The second kappa shape index (κ2) is 6.91. The van der Waals surface area contributed by atoms with E-state index < -0.39 is 23.5 Å². The van der Waals surface area contributed by atoms with Crippen molar-refractivity contribution in [3.05, 3.63) is 62.9 Å². The maximum atomic E-state index is 12.5. The summed E-state index contributed by atoms with van der Waals surface area (Å²) in [4.78, 5) is 27.4. The lowest BCUT2D eigenvalue weighted by Gasteiger charge is -2.06.